The average Bonchev–Trinajstić information content (AvgIpc) is 3.11. The van der Waals surface area contributed by atoms with Crippen molar-refractivity contribution in [1.29, 1.82) is 0 Å². The number of halogens is 3. The summed E-state index contributed by atoms with van der Waals surface area (Å²) in [6.45, 7) is -0.788. The predicted molar refractivity (Wildman–Crippen MR) is 106 cm³/mol. The van der Waals surface area contributed by atoms with Crippen LogP contribution >= 0.6 is 22.9 Å². The highest BCUT2D eigenvalue weighted by atomic mass is 35.5. The molecule has 0 saturated carbocycles. The van der Waals surface area contributed by atoms with Crippen LogP contribution in [-0.2, 0) is 6.61 Å². The maximum atomic E-state index is 12.5. The molecule has 0 saturated heterocycles. The third-order valence-corrected chi connectivity index (χ3v) is 4.97. The summed E-state index contributed by atoms with van der Waals surface area (Å²) in [7, 11) is 0. The Balaban J connectivity index is 1.64. The van der Waals surface area contributed by atoms with Gasteiger partial charge in [0.15, 0.2) is 0 Å². The molecule has 1 amide bonds. The number of hydrogen-bond acceptors (Lipinski definition) is 4. The molecule has 0 spiro atoms. The summed E-state index contributed by atoms with van der Waals surface area (Å²) in [6, 6.07) is 13.1. The zero-order chi connectivity index (χ0) is 20.1. The molecule has 1 heterocycles. The van der Waals surface area contributed by atoms with Gasteiger partial charge in [-0.1, -0.05) is 23.7 Å². The van der Waals surface area contributed by atoms with Crippen molar-refractivity contribution in [1.82, 2.24) is 0 Å². The zero-order valence-electron chi connectivity index (χ0n) is 14.7. The van der Waals surface area contributed by atoms with E-state index in [9.17, 15) is 13.6 Å². The number of ether oxygens (including phenoxy) is 2. The topological polar surface area (TPSA) is 47.6 Å². The summed E-state index contributed by atoms with van der Waals surface area (Å²) in [6.07, 6.45) is 0. The van der Waals surface area contributed by atoms with E-state index in [0.717, 1.165) is 11.1 Å². The van der Waals surface area contributed by atoms with E-state index in [4.69, 9.17) is 16.3 Å². The second kappa shape index (κ2) is 9.03. The molecule has 28 heavy (non-hydrogen) atoms. The molecule has 1 N–H and O–H groups in total. The number of carbonyl (C=O) groups excluding carboxylic acids is 1. The van der Waals surface area contributed by atoms with Crippen LogP contribution in [0.15, 0.2) is 53.9 Å². The Bertz CT molecular complexity index is 978. The van der Waals surface area contributed by atoms with Gasteiger partial charge in [0.1, 0.15) is 18.1 Å². The summed E-state index contributed by atoms with van der Waals surface area (Å²) in [5.74, 6) is 0.202. The maximum Gasteiger partial charge on any atom is 0.387 e. The van der Waals surface area contributed by atoms with E-state index in [1.165, 1.54) is 23.5 Å². The molecule has 2 aromatic carbocycles. The molecule has 0 atom stereocenters. The maximum absolute atomic E-state index is 12.5. The van der Waals surface area contributed by atoms with E-state index in [2.05, 4.69) is 10.1 Å². The lowest BCUT2D eigenvalue weighted by atomic mass is 10.2. The smallest absolute Gasteiger partial charge is 0.387 e. The molecular formula is C20H16ClF2NO3S. The van der Waals surface area contributed by atoms with Crippen LogP contribution in [-0.4, -0.2) is 12.5 Å². The van der Waals surface area contributed by atoms with Crippen LogP contribution in [0.1, 0.15) is 20.8 Å². The SMILES string of the molecule is Cc1cc(Cl)ccc1OCc1csc(C(=O)Nc2ccccc2OC(F)F)c1. The Kier molecular flexibility index (Phi) is 6.49. The van der Waals surface area contributed by atoms with Gasteiger partial charge in [-0.2, -0.15) is 8.78 Å². The molecule has 0 bridgehead atoms. The highest BCUT2D eigenvalue weighted by Gasteiger charge is 2.14. The molecule has 3 aromatic rings. The molecule has 0 unspecified atom stereocenters. The van der Waals surface area contributed by atoms with Crippen molar-refractivity contribution in [3.63, 3.8) is 0 Å². The lowest BCUT2D eigenvalue weighted by Gasteiger charge is -2.11. The minimum Gasteiger partial charge on any atom is -0.489 e. The summed E-state index contributed by atoms with van der Waals surface area (Å²) >= 11 is 7.17. The van der Waals surface area contributed by atoms with Crippen molar-refractivity contribution in [3.05, 3.63) is 74.9 Å². The Hall–Kier alpha value is -2.64. The van der Waals surface area contributed by atoms with E-state index in [1.807, 2.05) is 18.4 Å². The van der Waals surface area contributed by atoms with E-state index < -0.39 is 12.5 Å². The first-order valence-corrected chi connectivity index (χ1v) is 9.49. The number of thiophene rings is 1. The number of amides is 1. The Labute approximate surface area is 169 Å². The normalized spacial score (nSPS) is 10.8. The first-order valence-electron chi connectivity index (χ1n) is 8.24. The summed E-state index contributed by atoms with van der Waals surface area (Å²) in [5, 5.41) is 5.03. The fourth-order valence-corrected chi connectivity index (χ4v) is 3.48. The number of hydrogen-bond donors (Lipinski definition) is 1. The second-order valence-corrected chi connectivity index (χ2v) is 7.19. The number of para-hydroxylation sites is 2. The van der Waals surface area contributed by atoms with Crippen molar-refractivity contribution in [3.8, 4) is 11.5 Å². The fraction of sp³-hybridized carbons (Fsp3) is 0.150. The molecule has 3 rings (SSSR count). The third-order valence-electron chi connectivity index (χ3n) is 3.76. The fourth-order valence-electron chi connectivity index (χ4n) is 2.46. The molecule has 8 heteroatoms. The second-order valence-electron chi connectivity index (χ2n) is 5.85. The van der Waals surface area contributed by atoms with Gasteiger partial charge in [-0.05, 0) is 54.3 Å². The van der Waals surface area contributed by atoms with Gasteiger partial charge < -0.3 is 14.8 Å². The number of aryl methyl sites for hydroxylation is 1. The van der Waals surface area contributed by atoms with Crippen LogP contribution in [0.25, 0.3) is 0 Å². The van der Waals surface area contributed by atoms with Crippen molar-refractivity contribution >= 4 is 34.5 Å². The number of carbonyl (C=O) groups is 1. The van der Waals surface area contributed by atoms with Crippen molar-refractivity contribution in [2.75, 3.05) is 5.32 Å². The van der Waals surface area contributed by atoms with Gasteiger partial charge in [-0.3, -0.25) is 4.79 Å². The predicted octanol–water partition coefficient (Wildman–Crippen LogP) is 6.14. The van der Waals surface area contributed by atoms with Gasteiger partial charge in [0, 0.05) is 10.6 Å². The first-order chi connectivity index (χ1) is 13.4. The summed E-state index contributed by atoms with van der Waals surface area (Å²) < 4.78 is 35.2. The van der Waals surface area contributed by atoms with Gasteiger partial charge in [-0.15, -0.1) is 11.3 Å². The molecule has 1 aromatic heterocycles. The van der Waals surface area contributed by atoms with Crippen molar-refractivity contribution in [2.45, 2.75) is 20.1 Å². The Morgan fingerprint density at radius 2 is 1.96 bits per heavy atom. The van der Waals surface area contributed by atoms with E-state index in [1.54, 1.807) is 30.3 Å². The van der Waals surface area contributed by atoms with Crippen LogP contribution in [0.5, 0.6) is 11.5 Å². The highest BCUT2D eigenvalue weighted by Crippen LogP contribution is 2.27. The van der Waals surface area contributed by atoms with Crippen LogP contribution in [0.3, 0.4) is 0 Å². The van der Waals surface area contributed by atoms with Crippen LogP contribution in [0, 0.1) is 6.92 Å². The third kappa shape index (κ3) is 5.21. The molecule has 4 nitrogen and oxygen atoms in total. The van der Waals surface area contributed by atoms with Gasteiger partial charge in [0.2, 0.25) is 0 Å². The summed E-state index contributed by atoms with van der Waals surface area (Å²) in [4.78, 5) is 12.9. The standard InChI is InChI=1S/C20H16ClF2NO3S/c1-12-8-14(21)6-7-16(12)26-10-13-9-18(28-11-13)19(25)24-15-4-2-3-5-17(15)27-20(22)23/h2-9,11,20H,10H2,1H3,(H,24,25). The minimum absolute atomic E-state index is 0.0934. The summed E-state index contributed by atoms with van der Waals surface area (Å²) in [5.41, 5.74) is 1.91. The van der Waals surface area contributed by atoms with Crippen LogP contribution in [0.4, 0.5) is 14.5 Å². The molecule has 146 valence electrons. The van der Waals surface area contributed by atoms with Gasteiger partial charge in [-0.25, -0.2) is 0 Å². The molecule has 0 fully saturated rings. The largest absolute Gasteiger partial charge is 0.489 e. The molecule has 0 aliphatic carbocycles. The van der Waals surface area contributed by atoms with E-state index in [0.29, 0.717) is 15.6 Å². The molecule has 0 aliphatic heterocycles. The molecular weight excluding hydrogens is 408 g/mol. The monoisotopic (exact) mass is 423 g/mol. The van der Waals surface area contributed by atoms with Crippen LogP contribution < -0.4 is 14.8 Å². The van der Waals surface area contributed by atoms with E-state index >= 15 is 0 Å². The Morgan fingerprint density at radius 1 is 1.18 bits per heavy atom. The quantitative estimate of drug-likeness (QED) is 0.496. The van der Waals surface area contributed by atoms with Crippen molar-refractivity contribution in [2.24, 2.45) is 0 Å². The zero-order valence-corrected chi connectivity index (χ0v) is 16.3. The number of rotatable bonds is 7. The lowest BCUT2D eigenvalue weighted by molar-refractivity contribution is -0.0493. The number of nitrogens with one attached hydrogen (secondary N) is 1. The lowest BCUT2D eigenvalue weighted by Crippen LogP contribution is -2.12. The minimum atomic E-state index is -2.97. The number of alkyl halides is 2. The number of anilines is 1. The van der Waals surface area contributed by atoms with Gasteiger partial charge in [0.05, 0.1) is 10.6 Å². The van der Waals surface area contributed by atoms with Crippen molar-refractivity contribution < 1.29 is 23.0 Å². The van der Waals surface area contributed by atoms with Crippen LogP contribution in [0.2, 0.25) is 5.02 Å². The van der Waals surface area contributed by atoms with E-state index in [-0.39, 0.29) is 18.0 Å². The number of benzene rings is 2. The highest BCUT2D eigenvalue weighted by molar-refractivity contribution is 7.12. The molecule has 0 aliphatic rings. The first kappa shape index (κ1) is 20.1. The Morgan fingerprint density at radius 3 is 2.71 bits per heavy atom. The van der Waals surface area contributed by atoms with Gasteiger partial charge >= 0.3 is 6.61 Å². The molecule has 0 radical (unpaired) electrons. The average molecular weight is 424 g/mol. The van der Waals surface area contributed by atoms with Gasteiger partial charge in [0.25, 0.3) is 5.91 Å².